The van der Waals surface area contributed by atoms with Crippen LogP contribution in [0.3, 0.4) is 0 Å². The molecule has 0 saturated heterocycles. The van der Waals surface area contributed by atoms with E-state index in [4.69, 9.17) is 5.26 Å². The Morgan fingerprint density at radius 1 is 1.57 bits per heavy atom. The Labute approximate surface area is 96.2 Å². The number of rotatable bonds is 2. The van der Waals surface area contributed by atoms with E-state index in [0.717, 1.165) is 6.07 Å². The SMILES string of the molecule is N#Cc1cc(C(F)F)c(Br)c(CBr)n1. The van der Waals surface area contributed by atoms with Crippen LogP contribution in [0, 0.1) is 11.3 Å². The van der Waals surface area contributed by atoms with Crippen LogP contribution in [0.1, 0.15) is 23.4 Å². The number of aromatic nitrogens is 1. The summed E-state index contributed by atoms with van der Waals surface area (Å²) in [6.45, 7) is 0. The van der Waals surface area contributed by atoms with Crippen molar-refractivity contribution < 1.29 is 8.78 Å². The number of alkyl halides is 3. The molecule has 1 heterocycles. The van der Waals surface area contributed by atoms with Gasteiger partial charge in [-0.3, -0.25) is 0 Å². The van der Waals surface area contributed by atoms with Crippen LogP contribution in [0.25, 0.3) is 0 Å². The van der Waals surface area contributed by atoms with Crippen molar-refractivity contribution >= 4 is 31.9 Å². The summed E-state index contributed by atoms with van der Waals surface area (Å²) < 4.78 is 25.2. The van der Waals surface area contributed by atoms with Crippen LogP contribution in [-0.2, 0) is 5.33 Å². The Morgan fingerprint density at radius 3 is 2.64 bits per heavy atom. The van der Waals surface area contributed by atoms with Gasteiger partial charge in [0.05, 0.1) is 5.69 Å². The lowest BCUT2D eigenvalue weighted by atomic mass is 10.2. The summed E-state index contributed by atoms with van der Waals surface area (Å²) in [5.74, 6) is 0. The molecule has 1 aromatic rings. The Bertz CT molecular complexity index is 388. The average Bonchev–Trinajstić information content (AvgIpc) is 2.17. The van der Waals surface area contributed by atoms with Gasteiger partial charge in [-0.05, 0) is 22.0 Å². The molecule has 0 aliphatic rings. The summed E-state index contributed by atoms with van der Waals surface area (Å²) in [5.41, 5.74) is 0.198. The topological polar surface area (TPSA) is 36.7 Å². The number of nitrogens with zero attached hydrogens (tertiary/aromatic N) is 2. The van der Waals surface area contributed by atoms with Crippen molar-refractivity contribution in [3.05, 3.63) is 27.5 Å². The molecule has 0 saturated carbocycles. The Kier molecular flexibility index (Phi) is 3.96. The fourth-order valence-corrected chi connectivity index (χ4v) is 2.21. The summed E-state index contributed by atoms with van der Waals surface area (Å²) in [7, 11) is 0. The summed E-state index contributed by atoms with van der Waals surface area (Å²) in [4.78, 5) is 3.86. The number of hydrogen-bond donors (Lipinski definition) is 0. The van der Waals surface area contributed by atoms with E-state index >= 15 is 0 Å². The third-order valence-corrected chi connectivity index (χ3v) is 2.98. The molecule has 14 heavy (non-hydrogen) atoms. The van der Waals surface area contributed by atoms with Gasteiger partial charge in [0.25, 0.3) is 6.43 Å². The summed E-state index contributed by atoms with van der Waals surface area (Å²) in [5, 5.41) is 8.89. The summed E-state index contributed by atoms with van der Waals surface area (Å²) in [6.07, 6.45) is -2.61. The van der Waals surface area contributed by atoms with Crippen LogP contribution < -0.4 is 0 Å². The van der Waals surface area contributed by atoms with Crippen LogP contribution in [0.2, 0.25) is 0 Å². The van der Waals surface area contributed by atoms with Gasteiger partial charge in [0.15, 0.2) is 0 Å². The molecule has 2 nitrogen and oxygen atoms in total. The Morgan fingerprint density at radius 2 is 2.21 bits per heavy atom. The molecule has 0 aliphatic heterocycles. The maximum absolute atomic E-state index is 12.5. The van der Waals surface area contributed by atoms with Crippen LogP contribution >= 0.6 is 31.9 Å². The van der Waals surface area contributed by atoms with Crippen molar-refractivity contribution in [3.63, 3.8) is 0 Å². The van der Waals surface area contributed by atoms with Crippen LogP contribution in [0.5, 0.6) is 0 Å². The van der Waals surface area contributed by atoms with Gasteiger partial charge in [-0.25, -0.2) is 13.8 Å². The Hall–Kier alpha value is -0.540. The fraction of sp³-hybridized carbons (Fsp3) is 0.250. The molecule has 0 amide bonds. The summed E-state index contributed by atoms with van der Waals surface area (Å²) in [6, 6.07) is 2.82. The quantitative estimate of drug-likeness (QED) is 0.780. The third kappa shape index (κ3) is 2.28. The van der Waals surface area contributed by atoms with E-state index in [0.29, 0.717) is 11.0 Å². The van der Waals surface area contributed by atoms with Gasteiger partial charge < -0.3 is 0 Å². The van der Waals surface area contributed by atoms with E-state index in [2.05, 4.69) is 36.8 Å². The molecule has 0 spiro atoms. The molecular weight excluding hydrogens is 322 g/mol. The van der Waals surface area contributed by atoms with Crippen molar-refractivity contribution in [1.29, 1.82) is 5.26 Å². The van der Waals surface area contributed by atoms with Gasteiger partial charge in [0, 0.05) is 15.4 Å². The van der Waals surface area contributed by atoms with Crippen molar-refractivity contribution in [3.8, 4) is 6.07 Å². The van der Waals surface area contributed by atoms with Crippen molar-refractivity contribution in [2.24, 2.45) is 0 Å². The van der Waals surface area contributed by atoms with E-state index < -0.39 is 6.43 Å². The third-order valence-electron chi connectivity index (χ3n) is 1.53. The highest BCUT2D eigenvalue weighted by Gasteiger charge is 2.16. The molecular formula is C8H4Br2F2N2. The van der Waals surface area contributed by atoms with Gasteiger partial charge in [0.1, 0.15) is 11.8 Å². The lowest BCUT2D eigenvalue weighted by molar-refractivity contribution is 0.150. The number of halogens is 4. The fourth-order valence-electron chi connectivity index (χ4n) is 0.909. The highest BCUT2D eigenvalue weighted by Crippen LogP contribution is 2.30. The van der Waals surface area contributed by atoms with Crippen molar-refractivity contribution in [2.45, 2.75) is 11.8 Å². The zero-order valence-electron chi connectivity index (χ0n) is 6.77. The highest BCUT2D eigenvalue weighted by molar-refractivity contribution is 9.10. The first-order valence-electron chi connectivity index (χ1n) is 3.53. The maximum atomic E-state index is 12.5. The van der Waals surface area contributed by atoms with E-state index in [1.165, 1.54) is 0 Å². The first kappa shape index (κ1) is 11.5. The van der Waals surface area contributed by atoms with Gasteiger partial charge in [-0.2, -0.15) is 5.26 Å². The minimum absolute atomic E-state index is 0.00190. The van der Waals surface area contributed by atoms with Gasteiger partial charge >= 0.3 is 0 Å². The number of pyridine rings is 1. The standard InChI is InChI=1S/C8H4Br2F2N2/c9-2-6-7(10)5(8(11)12)1-4(3-13)14-6/h1,8H,2H2. The first-order valence-corrected chi connectivity index (χ1v) is 5.45. The summed E-state index contributed by atoms with van der Waals surface area (Å²) >= 11 is 6.13. The molecule has 0 bridgehead atoms. The molecule has 0 atom stereocenters. The maximum Gasteiger partial charge on any atom is 0.265 e. The van der Waals surface area contributed by atoms with Gasteiger partial charge in [0.2, 0.25) is 0 Å². The minimum atomic E-state index is -2.61. The van der Waals surface area contributed by atoms with E-state index in [1.807, 2.05) is 0 Å². The molecule has 0 fully saturated rings. The predicted octanol–water partition coefficient (Wildman–Crippen LogP) is 3.55. The highest BCUT2D eigenvalue weighted by atomic mass is 79.9. The smallest absolute Gasteiger partial charge is 0.240 e. The van der Waals surface area contributed by atoms with E-state index in [9.17, 15) is 8.78 Å². The molecule has 0 aromatic carbocycles. The normalized spacial score (nSPS) is 10.3. The average molecular weight is 326 g/mol. The number of hydrogen-bond acceptors (Lipinski definition) is 2. The molecule has 0 unspecified atom stereocenters. The molecule has 1 rings (SSSR count). The largest absolute Gasteiger partial charge is 0.265 e. The van der Waals surface area contributed by atoms with Crippen LogP contribution in [0.15, 0.2) is 10.5 Å². The lowest BCUT2D eigenvalue weighted by Gasteiger charge is -2.06. The molecule has 1 aromatic heterocycles. The monoisotopic (exact) mass is 324 g/mol. The van der Waals surface area contributed by atoms with Crippen molar-refractivity contribution in [1.82, 2.24) is 4.98 Å². The molecule has 0 aliphatic carbocycles. The lowest BCUT2D eigenvalue weighted by Crippen LogP contribution is -1.97. The second kappa shape index (κ2) is 4.80. The second-order valence-electron chi connectivity index (χ2n) is 2.40. The van der Waals surface area contributed by atoms with Crippen molar-refractivity contribution in [2.75, 3.05) is 0 Å². The molecule has 6 heteroatoms. The van der Waals surface area contributed by atoms with E-state index in [-0.39, 0.29) is 15.7 Å². The Balaban J connectivity index is 3.36. The molecule has 0 N–H and O–H groups in total. The van der Waals surface area contributed by atoms with Crippen LogP contribution in [-0.4, -0.2) is 4.98 Å². The van der Waals surface area contributed by atoms with E-state index in [1.54, 1.807) is 6.07 Å². The zero-order valence-corrected chi connectivity index (χ0v) is 9.94. The zero-order chi connectivity index (χ0) is 10.7. The predicted molar refractivity (Wildman–Crippen MR) is 54.2 cm³/mol. The molecule has 74 valence electrons. The minimum Gasteiger partial charge on any atom is -0.240 e. The molecule has 0 radical (unpaired) electrons. The second-order valence-corrected chi connectivity index (χ2v) is 3.76. The van der Waals surface area contributed by atoms with Crippen LogP contribution in [0.4, 0.5) is 8.78 Å². The van der Waals surface area contributed by atoms with Gasteiger partial charge in [-0.1, -0.05) is 15.9 Å². The number of nitriles is 1. The first-order chi connectivity index (χ1) is 6.60. The van der Waals surface area contributed by atoms with Gasteiger partial charge in [-0.15, -0.1) is 0 Å².